The molecule has 0 saturated heterocycles. The van der Waals surface area contributed by atoms with Crippen LogP contribution in [0, 0.1) is 5.92 Å². The number of hydrogen-bond donors (Lipinski definition) is 0. The first-order valence-electron chi connectivity index (χ1n) is 5.49. The van der Waals surface area contributed by atoms with Crippen molar-refractivity contribution >= 4 is 11.9 Å². The normalized spacial score (nSPS) is 25.7. The Balaban J connectivity index is 2.56. The molecule has 0 radical (unpaired) electrons. The average Bonchev–Trinajstić information content (AvgIpc) is 2.18. The smallest absolute Gasteiger partial charge is 0.312 e. The molecule has 1 aliphatic rings. The minimum Gasteiger partial charge on any atom is -0.466 e. The van der Waals surface area contributed by atoms with Crippen molar-refractivity contribution < 1.29 is 19.1 Å². The van der Waals surface area contributed by atoms with E-state index in [9.17, 15) is 9.59 Å². The molecule has 0 bridgehead atoms. The van der Waals surface area contributed by atoms with E-state index in [1.165, 1.54) is 6.92 Å². The maximum atomic E-state index is 11.6. The Labute approximate surface area is 89.9 Å². The van der Waals surface area contributed by atoms with Gasteiger partial charge >= 0.3 is 11.9 Å². The third-order valence-electron chi connectivity index (χ3n) is 2.61. The fraction of sp³-hybridized carbons (Fsp3) is 0.818. The molecule has 4 nitrogen and oxygen atoms in total. The summed E-state index contributed by atoms with van der Waals surface area (Å²) in [5, 5.41) is 0. The third-order valence-corrected chi connectivity index (χ3v) is 2.61. The van der Waals surface area contributed by atoms with E-state index < -0.39 is 0 Å². The number of esters is 2. The summed E-state index contributed by atoms with van der Waals surface area (Å²) in [6, 6.07) is 0. The maximum Gasteiger partial charge on any atom is 0.312 e. The molecule has 0 heterocycles. The van der Waals surface area contributed by atoms with Gasteiger partial charge in [-0.3, -0.25) is 9.59 Å². The van der Waals surface area contributed by atoms with Crippen LogP contribution in [-0.2, 0) is 19.1 Å². The summed E-state index contributed by atoms with van der Waals surface area (Å²) >= 11 is 0. The summed E-state index contributed by atoms with van der Waals surface area (Å²) in [6.07, 6.45) is 3.25. The van der Waals surface area contributed by atoms with Crippen LogP contribution in [0.3, 0.4) is 0 Å². The topological polar surface area (TPSA) is 52.6 Å². The highest BCUT2D eigenvalue weighted by molar-refractivity contribution is 5.74. The second-order valence-corrected chi connectivity index (χ2v) is 3.79. The highest BCUT2D eigenvalue weighted by Gasteiger charge is 2.34. The molecule has 1 rings (SSSR count). The van der Waals surface area contributed by atoms with E-state index in [0.29, 0.717) is 6.61 Å². The number of rotatable bonds is 3. The van der Waals surface area contributed by atoms with Crippen LogP contribution in [0.2, 0.25) is 0 Å². The van der Waals surface area contributed by atoms with E-state index in [1.807, 2.05) is 0 Å². The van der Waals surface area contributed by atoms with Crippen LogP contribution in [0.1, 0.15) is 39.5 Å². The van der Waals surface area contributed by atoms with Crippen molar-refractivity contribution in [3.8, 4) is 0 Å². The lowest BCUT2D eigenvalue weighted by Gasteiger charge is -2.28. The van der Waals surface area contributed by atoms with Crippen molar-refractivity contribution in [2.45, 2.75) is 45.6 Å². The molecule has 0 spiro atoms. The van der Waals surface area contributed by atoms with Crippen molar-refractivity contribution in [1.29, 1.82) is 0 Å². The van der Waals surface area contributed by atoms with Crippen LogP contribution in [0.25, 0.3) is 0 Å². The van der Waals surface area contributed by atoms with E-state index >= 15 is 0 Å². The van der Waals surface area contributed by atoms with Gasteiger partial charge in [-0.2, -0.15) is 0 Å². The SMILES string of the molecule is CCOC(=O)[C@@H]1CCCC[C@@H]1OC(C)=O. The van der Waals surface area contributed by atoms with Gasteiger partial charge in [0.05, 0.1) is 12.5 Å². The molecule has 0 N–H and O–H groups in total. The Morgan fingerprint density at radius 1 is 1.27 bits per heavy atom. The summed E-state index contributed by atoms with van der Waals surface area (Å²) in [4.78, 5) is 22.4. The molecule has 2 atom stereocenters. The first-order chi connectivity index (χ1) is 7.15. The van der Waals surface area contributed by atoms with Crippen LogP contribution in [-0.4, -0.2) is 24.6 Å². The average molecular weight is 214 g/mol. The summed E-state index contributed by atoms with van der Waals surface area (Å²) < 4.78 is 10.1. The highest BCUT2D eigenvalue weighted by atomic mass is 16.6. The summed E-state index contributed by atoms with van der Waals surface area (Å²) in [5.74, 6) is -0.817. The molecule has 4 heteroatoms. The highest BCUT2D eigenvalue weighted by Crippen LogP contribution is 2.28. The zero-order valence-electron chi connectivity index (χ0n) is 9.32. The van der Waals surface area contributed by atoms with Crippen molar-refractivity contribution in [1.82, 2.24) is 0 Å². The summed E-state index contributed by atoms with van der Waals surface area (Å²) in [7, 11) is 0. The quantitative estimate of drug-likeness (QED) is 0.670. The molecular weight excluding hydrogens is 196 g/mol. The second kappa shape index (κ2) is 5.73. The summed E-state index contributed by atoms with van der Waals surface area (Å²) in [5.41, 5.74) is 0. The van der Waals surface area contributed by atoms with Gasteiger partial charge in [0.1, 0.15) is 6.10 Å². The molecule has 0 aromatic rings. The minimum absolute atomic E-state index is 0.233. The first kappa shape index (κ1) is 12.0. The van der Waals surface area contributed by atoms with Crippen LogP contribution in [0.4, 0.5) is 0 Å². The third kappa shape index (κ3) is 3.53. The van der Waals surface area contributed by atoms with Gasteiger partial charge in [-0.15, -0.1) is 0 Å². The molecular formula is C11H18O4. The van der Waals surface area contributed by atoms with E-state index in [-0.39, 0.29) is 24.0 Å². The van der Waals surface area contributed by atoms with Gasteiger partial charge in [-0.25, -0.2) is 0 Å². The van der Waals surface area contributed by atoms with Crippen LogP contribution < -0.4 is 0 Å². The summed E-state index contributed by atoms with van der Waals surface area (Å²) in [6.45, 7) is 3.53. The largest absolute Gasteiger partial charge is 0.466 e. The maximum absolute atomic E-state index is 11.6. The molecule has 0 amide bonds. The van der Waals surface area contributed by atoms with Gasteiger partial charge in [-0.1, -0.05) is 6.42 Å². The Morgan fingerprint density at radius 2 is 1.93 bits per heavy atom. The number of hydrogen-bond acceptors (Lipinski definition) is 4. The molecule has 15 heavy (non-hydrogen) atoms. The van der Waals surface area contributed by atoms with Crippen molar-refractivity contribution in [3.05, 3.63) is 0 Å². The van der Waals surface area contributed by atoms with E-state index in [1.54, 1.807) is 6.92 Å². The van der Waals surface area contributed by atoms with Crippen molar-refractivity contribution in [3.63, 3.8) is 0 Å². The fourth-order valence-electron chi connectivity index (χ4n) is 1.97. The van der Waals surface area contributed by atoms with Crippen LogP contribution in [0.5, 0.6) is 0 Å². The number of carbonyl (C=O) groups excluding carboxylic acids is 2. The zero-order valence-corrected chi connectivity index (χ0v) is 9.32. The molecule has 0 aromatic carbocycles. The molecule has 1 saturated carbocycles. The Morgan fingerprint density at radius 3 is 2.53 bits per heavy atom. The van der Waals surface area contributed by atoms with Gasteiger partial charge in [0.15, 0.2) is 0 Å². The fourth-order valence-corrected chi connectivity index (χ4v) is 1.97. The van der Waals surface area contributed by atoms with Crippen LogP contribution >= 0.6 is 0 Å². The zero-order chi connectivity index (χ0) is 11.3. The van der Waals surface area contributed by atoms with E-state index in [2.05, 4.69) is 0 Å². The van der Waals surface area contributed by atoms with Crippen molar-refractivity contribution in [2.24, 2.45) is 5.92 Å². The second-order valence-electron chi connectivity index (χ2n) is 3.79. The van der Waals surface area contributed by atoms with Gasteiger partial charge in [0.25, 0.3) is 0 Å². The van der Waals surface area contributed by atoms with E-state index in [0.717, 1.165) is 25.7 Å². The van der Waals surface area contributed by atoms with Gasteiger partial charge in [-0.05, 0) is 26.2 Å². The van der Waals surface area contributed by atoms with Gasteiger partial charge in [0, 0.05) is 6.92 Å². The lowest BCUT2D eigenvalue weighted by molar-refractivity contribution is -0.162. The minimum atomic E-state index is -0.323. The van der Waals surface area contributed by atoms with Crippen LogP contribution in [0.15, 0.2) is 0 Å². The van der Waals surface area contributed by atoms with E-state index in [4.69, 9.17) is 9.47 Å². The molecule has 86 valence electrons. The van der Waals surface area contributed by atoms with Crippen molar-refractivity contribution in [2.75, 3.05) is 6.61 Å². The Bertz CT molecular complexity index is 237. The lowest BCUT2D eigenvalue weighted by Crippen LogP contribution is -2.35. The molecule has 0 aliphatic heterocycles. The van der Waals surface area contributed by atoms with Gasteiger partial charge in [0.2, 0.25) is 0 Å². The molecule has 1 fully saturated rings. The lowest BCUT2D eigenvalue weighted by atomic mass is 9.86. The predicted octanol–water partition coefficient (Wildman–Crippen LogP) is 1.67. The number of carbonyl (C=O) groups is 2. The number of ether oxygens (including phenoxy) is 2. The van der Waals surface area contributed by atoms with Gasteiger partial charge < -0.3 is 9.47 Å². The standard InChI is InChI=1S/C11H18O4/c1-3-14-11(13)9-6-4-5-7-10(9)15-8(2)12/h9-10H,3-7H2,1-2H3/t9-,10+/m1/s1. The predicted molar refractivity (Wildman–Crippen MR) is 54.1 cm³/mol. The first-order valence-corrected chi connectivity index (χ1v) is 5.49. The molecule has 0 aromatic heterocycles. The molecule has 0 unspecified atom stereocenters. The molecule has 1 aliphatic carbocycles. The Kier molecular flexibility index (Phi) is 4.59. The Hall–Kier alpha value is -1.06. The monoisotopic (exact) mass is 214 g/mol.